The zero-order valence-corrected chi connectivity index (χ0v) is 19.4. The molecule has 0 aliphatic carbocycles. The van der Waals surface area contributed by atoms with Gasteiger partial charge in [-0.1, -0.05) is 18.2 Å². The highest BCUT2D eigenvalue weighted by Gasteiger charge is 2.23. The summed E-state index contributed by atoms with van der Waals surface area (Å²) in [6, 6.07) is 15.4. The SMILES string of the molecule is O=C(CN1CCN(CC(=O)NC(c2ccc(F)cc2)c2cccs2)CC1)Nc1ccc(F)cc1. The van der Waals surface area contributed by atoms with Gasteiger partial charge in [0, 0.05) is 36.7 Å². The summed E-state index contributed by atoms with van der Waals surface area (Å²) >= 11 is 1.54. The van der Waals surface area contributed by atoms with E-state index in [1.165, 1.54) is 36.4 Å². The summed E-state index contributed by atoms with van der Waals surface area (Å²) in [5, 5.41) is 7.79. The average molecular weight is 485 g/mol. The van der Waals surface area contributed by atoms with Crippen LogP contribution in [0.2, 0.25) is 0 Å². The van der Waals surface area contributed by atoms with E-state index < -0.39 is 0 Å². The molecule has 3 aromatic rings. The van der Waals surface area contributed by atoms with Crippen LogP contribution in [-0.2, 0) is 9.59 Å². The number of amides is 2. The minimum Gasteiger partial charge on any atom is -0.343 e. The maximum Gasteiger partial charge on any atom is 0.238 e. The van der Waals surface area contributed by atoms with E-state index in [4.69, 9.17) is 0 Å². The molecule has 1 aliphatic rings. The summed E-state index contributed by atoms with van der Waals surface area (Å²) < 4.78 is 26.4. The van der Waals surface area contributed by atoms with Crippen LogP contribution in [-0.4, -0.2) is 60.9 Å². The monoisotopic (exact) mass is 484 g/mol. The number of rotatable bonds is 8. The van der Waals surface area contributed by atoms with E-state index in [0.717, 1.165) is 10.4 Å². The third-order valence-corrected chi connectivity index (χ3v) is 6.60. The van der Waals surface area contributed by atoms with E-state index in [9.17, 15) is 18.4 Å². The number of piperazine rings is 1. The fourth-order valence-corrected chi connectivity index (χ4v) is 4.68. The van der Waals surface area contributed by atoms with Gasteiger partial charge in [0.05, 0.1) is 19.1 Å². The maximum atomic E-state index is 13.4. The predicted molar refractivity (Wildman–Crippen MR) is 129 cm³/mol. The number of benzene rings is 2. The van der Waals surface area contributed by atoms with Crippen LogP contribution in [0.5, 0.6) is 0 Å². The van der Waals surface area contributed by atoms with Crippen LogP contribution in [0.3, 0.4) is 0 Å². The van der Waals surface area contributed by atoms with Gasteiger partial charge in [0.1, 0.15) is 11.6 Å². The normalized spacial score (nSPS) is 15.6. The average Bonchev–Trinajstić information content (AvgIpc) is 3.36. The highest BCUT2D eigenvalue weighted by molar-refractivity contribution is 7.10. The second-order valence-corrected chi connectivity index (χ2v) is 9.15. The van der Waals surface area contributed by atoms with E-state index >= 15 is 0 Å². The largest absolute Gasteiger partial charge is 0.343 e. The van der Waals surface area contributed by atoms with E-state index in [1.807, 2.05) is 22.4 Å². The summed E-state index contributed by atoms with van der Waals surface area (Å²) in [7, 11) is 0. The Labute approximate surface area is 201 Å². The van der Waals surface area contributed by atoms with Crippen molar-refractivity contribution < 1.29 is 18.4 Å². The zero-order chi connectivity index (χ0) is 23.9. The Morgan fingerprint density at radius 3 is 1.94 bits per heavy atom. The molecule has 2 aromatic carbocycles. The molecule has 178 valence electrons. The van der Waals surface area contributed by atoms with Crippen LogP contribution in [0.4, 0.5) is 14.5 Å². The summed E-state index contributed by atoms with van der Waals surface area (Å²) in [5.41, 5.74) is 1.39. The Morgan fingerprint density at radius 1 is 0.824 bits per heavy atom. The van der Waals surface area contributed by atoms with Crippen molar-refractivity contribution in [1.82, 2.24) is 15.1 Å². The number of hydrogen-bond donors (Lipinski definition) is 2. The number of nitrogens with one attached hydrogen (secondary N) is 2. The number of nitrogens with zero attached hydrogens (tertiary/aromatic N) is 2. The van der Waals surface area contributed by atoms with E-state index in [-0.39, 0.29) is 42.6 Å². The Morgan fingerprint density at radius 2 is 1.38 bits per heavy atom. The first-order valence-corrected chi connectivity index (χ1v) is 11.9. The van der Waals surface area contributed by atoms with Gasteiger partial charge in [-0.3, -0.25) is 19.4 Å². The molecular formula is C25H26F2N4O2S. The Bertz CT molecular complexity index is 1080. The maximum absolute atomic E-state index is 13.4. The Kier molecular flexibility index (Phi) is 7.99. The first-order valence-electron chi connectivity index (χ1n) is 11.0. The van der Waals surface area contributed by atoms with Gasteiger partial charge in [-0.2, -0.15) is 0 Å². The number of anilines is 1. The number of carbonyl (C=O) groups excluding carboxylic acids is 2. The third-order valence-electron chi connectivity index (χ3n) is 5.66. The van der Waals surface area contributed by atoms with Gasteiger partial charge in [0.2, 0.25) is 11.8 Å². The van der Waals surface area contributed by atoms with Crippen molar-refractivity contribution in [2.45, 2.75) is 6.04 Å². The van der Waals surface area contributed by atoms with Crippen LogP contribution in [0.25, 0.3) is 0 Å². The van der Waals surface area contributed by atoms with Crippen molar-refractivity contribution in [2.75, 3.05) is 44.6 Å². The number of hydrogen-bond acceptors (Lipinski definition) is 5. The molecule has 0 spiro atoms. The van der Waals surface area contributed by atoms with Gasteiger partial charge in [-0.15, -0.1) is 11.3 Å². The summed E-state index contributed by atoms with van der Waals surface area (Å²) in [5.74, 6) is -0.928. The van der Waals surface area contributed by atoms with Crippen LogP contribution in [0, 0.1) is 11.6 Å². The van der Waals surface area contributed by atoms with Crippen molar-refractivity contribution in [2.24, 2.45) is 0 Å². The summed E-state index contributed by atoms with van der Waals surface area (Å²) in [4.78, 5) is 30.2. The smallest absolute Gasteiger partial charge is 0.238 e. The van der Waals surface area contributed by atoms with Crippen molar-refractivity contribution in [1.29, 1.82) is 0 Å². The van der Waals surface area contributed by atoms with Gasteiger partial charge in [-0.25, -0.2) is 8.78 Å². The van der Waals surface area contributed by atoms with Crippen LogP contribution < -0.4 is 10.6 Å². The molecule has 1 aromatic heterocycles. The first-order chi connectivity index (χ1) is 16.5. The minimum absolute atomic E-state index is 0.106. The van der Waals surface area contributed by atoms with E-state index in [0.29, 0.717) is 31.9 Å². The second-order valence-electron chi connectivity index (χ2n) is 8.17. The molecule has 2 amide bonds. The van der Waals surface area contributed by atoms with Gasteiger partial charge < -0.3 is 10.6 Å². The molecular weight excluding hydrogens is 458 g/mol. The zero-order valence-electron chi connectivity index (χ0n) is 18.5. The van der Waals surface area contributed by atoms with Crippen molar-refractivity contribution in [3.05, 3.63) is 88.1 Å². The molecule has 4 rings (SSSR count). The molecule has 1 unspecified atom stereocenters. The topological polar surface area (TPSA) is 64.7 Å². The lowest BCUT2D eigenvalue weighted by Crippen LogP contribution is -2.51. The highest BCUT2D eigenvalue weighted by Crippen LogP contribution is 2.26. The lowest BCUT2D eigenvalue weighted by atomic mass is 10.1. The van der Waals surface area contributed by atoms with Gasteiger partial charge >= 0.3 is 0 Å². The fraction of sp³-hybridized carbons (Fsp3) is 0.280. The molecule has 1 saturated heterocycles. The molecule has 6 nitrogen and oxygen atoms in total. The van der Waals surface area contributed by atoms with E-state index in [2.05, 4.69) is 15.5 Å². The molecule has 0 bridgehead atoms. The first kappa shape index (κ1) is 24.0. The quantitative estimate of drug-likeness (QED) is 0.514. The van der Waals surface area contributed by atoms with Crippen LogP contribution >= 0.6 is 11.3 Å². The third kappa shape index (κ3) is 6.69. The van der Waals surface area contributed by atoms with Gasteiger partial charge in [0.15, 0.2) is 0 Å². The van der Waals surface area contributed by atoms with Gasteiger partial charge in [0.25, 0.3) is 0 Å². The molecule has 2 heterocycles. The Balaban J connectivity index is 1.25. The number of carbonyl (C=O) groups is 2. The van der Waals surface area contributed by atoms with Gasteiger partial charge in [-0.05, 0) is 53.4 Å². The number of thiophene rings is 1. The van der Waals surface area contributed by atoms with Crippen molar-refractivity contribution >= 4 is 28.8 Å². The molecule has 1 atom stereocenters. The van der Waals surface area contributed by atoms with Crippen LogP contribution in [0.15, 0.2) is 66.0 Å². The van der Waals surface area contributed by atoms with Crippen molar-refractivity contribution in [3.8, 4) is 0 Å². The second kappa shape index (κ2) is 11.3. The van der Waals surface area contributed by atoms with Crippen LogP contribution in [0.1, 0.15) is 16.5 Å². The lowest BCUT2D eigenvalue weighted by Gasteiger charge is -2.34. The molecule has 1 fully saturated rings. The minimum atomic E-state index is -0.350. The highest BCUT2D eigenvalue weighted by atomic mass is 32.1. The fourth-order valence-electron chi connectivity index (χ4n) is 3.88. The molecule has 2 N–H and O–H groups in total. The lowest BCUT2D eigenvalue weighted by molar-refractivity contribution is -0.124. The Hall–Kier alpha value is -3.14. The molecule has 1 aliphatic heterocycles. The molecule has 9 heteroatoms. The molecule has 0 saturated carbocycles. The van der Waals surface area contributed by atoms with Crippen molar-refractivity contribution in [3.63, 3.8) is 0 Å². The molecule has 0 radical (unpaired) electrons. The number of halogens is 2. The summed E-state index contributed by atoms with van der Waals surface area (Å²) in [6.07, 6.45) is 0. The standard InChI is InChI=1S/C25H26F2N4O2S/c26-19-5-3-18(4-6-19)25(22-2-1-15-34-22)29-24(33)17-31-13-11-30(12-14-31)16-23(32)28-21-9-7-20(27)8-10-21/h1-10,15,25H,11-14,16-17H2,(H,28,32)(H,29,33). The van der Waals surface area contributed by atoms with E-state index in [1.54, 1.807) is 23.5 Å². The predicted octanol–water partition coefficient (Wildman–Crippen LogP) is 3.49. The summed E-state index contributed by atoms with van der Waals surface area (Å²) in [6.45, 7) is 3.14. The molecule has 34 heavy (non-hydrogen) atoms.